The van der Waals surface area contributed by atoms with E-state index < -0.39 is 83.6 Å². The molecule has 0 radical (unpaired) electrons. The number of rotatable bonds is 6. The zero-order chi connectivity index (χ0) is 48.3. The zero-order valence-corrected chi connectivity index (χ0v) is 29.9. The molecule has 56 heavy (non-hydrogen) atoms. The van der Waals surface area contributed by atoms with Gasteiger partial charge in [-0.25, -0.2) is 15.0 Å². The first-order chi connectivity index (χ1) is 33.2. The third-order valence-electron chi connectivity index (χ3n) is 9.48. The van der Waals surface area contributed by atoms with Crippen LogP contribution in [0.5, 0.6) is 0 Å². The van der Waals surface area contributed by atoms with Gasteiger partial charge in [-0.1, -0.05) is 145 Å². The van der Waals surface area contributed by atoms with E-state index in [0.29, 0.717) is 11.1 Å². The van der Waals surface area contributed by atoms with Gasteiger partial charge in [0.2, 0.25) is 0 Å². The topological polar surface area (TPSA) is 51.8 Å². The summed E-state index contributed by atoms with van der Waals surface area (Å²) >= 11 is 0.883. The van der Waals surface area contributed by atoms with Crippen molar-refractivity contribution in [1.82, 2.24) is 15.0 Å². The van der Waals surface area contributed by atoms with Crippen molar-refractivity contribution in [1.29, 1.82) is 0 Å². The van der Waals surface area contributed by atoms with Crippen LogP contribution in [-0.2, 0) is 0 Å². The molecule has 3 heterocycles. The molecular formula is C51H31N3OS. The second-order valence-electron chi connectivity index (χ2n) is 13.0. The van der Waals surface area contributed by atoms with Gasteiger partial charge in [0.15, 0.2) is 17.5 Å². The summed E-state index contributed by atoms with van der Waals surface area (Å²) in [5.41, 5.74) is 3.49. The molecule has 11 rings (SSSR count). The SMILES string of the molecule is [2H]c1c([2H])c([2H])c2c(oc3c([2H])c([2H])c(-c4c([2H])c([2H])c5sc6c([2H])c(-c7nc(-c8ccc(-c9ccccc9)cc8)nc(-c8cccc(-c9ccccc9)c8)n7)c([2H])c([2H])c6c5c4[2H])c([2H])c32)c1[2H]. The number of fused-ring (bicyclic) bond motifs is 6. The van der Waals surface area contributed by atoms with Crippen LogP contribution in [0.3, 0.4) is 0 Å². The molecule has 0 atom stereocenters. The van der Waals surface area contributed by atoms with Crippen LogP contribution >= 0.6 is 11.3 Å². The molecule has 0 N–H and O–H groups in total. The number of thiophene rings is 1. The Bertz CT molecular complexity index is 3990. The summed E-state index contributed by atoms with van der Waals surface area (Å²) in [6.07, 6.45) is 0. The molecule has 3 aromatic heterocycles. The number of hydrogen-bond donors (Lipinski definition) is 0. The van der Waals surface area contributed by atoms with Crippen LogP contribution < -0.4 is 0 Å². The monoisotopic (exact) mass is 746 g/mol. The molecule has 0 bridgehead atoms. The van der Waals surface area contributed by atoms with Gasteiger partial charge in [-0.15, -0.1) is 11.3 Å². The van der Waals surface area contributed by atoms with E-state index in [1.165, 1.54) is 0 Å². The smallest absolute Gasteiger partial charge is 0.164 e. The molecule has 0 aliphatic heterocycles. The Morgan fingerprint density at radius 1 is 0.375 bits per heavy atom. The molecule has 0 amide bonds. The second-order valence-corrected chi connectivity index (χ2v) is 14.0. The van der Waals surface area contributed by atoms with Crippen LogP contribution in [0.2, 0.25) is 0 Å². The van der Waals surface area contributed by atoms with Crippen molar-refractivity contribution in [2.45, 2.75) is 0 Å². The first-order valence-corrected chi connectivity index (χ1v) is 18.4. The molecule has 0 aliphatic rings. The minimum atomic E-state index is -0.650. The average Bonchev–Trinajstić information content (AvgIpc) is 3.99. The third-order valence-corrected chi connectivity index (χ3v) is 10.5. The Morgan fingerprint density at radius 2 is 0.946 bits per heavy atom. The molecule has 8 aromatic carbocycles. The quantitative estimate of drug-likeness (QED) is 0.170. The van der Waals surface area contributed by atoms with Gasteiger partial charge in [0.05, 0.1) is 17.8 Å². The van der Waals surface area contributed by atoms with Gasteiger partial charge in [-0.3, -0.25) is 0 Å². The predicted octanol–water partition coefficient (Wildman–Crippen LogP) is 14.1. The summed E-state index contributed by atoms with van der Waals surface area (Å²) in [6, 6.07) is 28.1. The van der Waals surface area contributed by atoms with Crippen molar-refractivity contribution in [3.8, 4) is 67.5 Å². The molecule has 0 fully saturated rings. The summed E-state index contributed by atoms with van der Waals surface area (Å²) in [6.45, 7) is 0. The highest BCUT2D eigenvalue weighted by atomic mass is 32.1. The first kappa shape index (κ1) is 21.6. The normalized spacial score (nSPS) is 14.8. The number of benzene rings is 8. The largest absolute Gasteiger partial charge is 0.456 e. The molecule has 262 valence electrons. The van der Waals surface area contributed by atoms with Gasteiger partial charge in [0, 0.05) is 47.6 Å². The van der Waals surface area contributed by atoms with Crippen molar-refractivity contribution in [2.75, 3.05) is 0 Å². The average molecular weight is 747 g/mol. The number of furan rings is 1. The lowest BCUT2D eigenvalue weighted by Gasteiger charge is -2.10. The van der Waals surface area contributed by atoms with Gasteiger partial charge in [0.25, 0.3) is 0 Å². The van der Waals surface area contributed by atoms with E-state index in [9.17, 15) is 9.60 Å². The maximum absolute atomic E-state index is 9.68. The van der Waals surface area contributed by atoms with Crippen LogP contribution in [0.15, 0.2) is 192 Å². The Balaban J connectivity index is 1.14. The second kappa shape index (κ2) is 13.3. The summed E-state index contributed by atoms with van der Waals surface area (Å²) < 4.78 is 123. The van der Waals surface area contributed by atoms with Gasteiger partial charge < -0.3 is 4.42 Å². The van der Waals surface area contributed by atoms with Crippen molar-refractivity contribution < 1.29 is 22.2 Å². The third kappa shape index (κ3) is 5.74. The molecule has 0 spiro atoms. The number of hydrogen-bond acceptors (Lipinski definition) is 5. The lowest BCUT2D eigenvalue weighted by Crippen LogP contribution is -2.00. The number of para-hydroxylation sites is 1. The maximum Gasteiger partial charge on any atom is 0.164 e. The Labute approximate surface area is 345 Å². The summed E-state index contributed by atoms with van der Waals surface area (Å²) in [5.74, 6) is 0.431. The molecule has 5 heteroatoms. The molecule has 0 unspecified atom stereocenters. The molecule has 0 saturated heterocycles. The van der Waals surface area contributed by atoms with E-state index >= 15 is 0 Å². The predicted molar refractivity (Wildman–Crippen MR) is 233 cm³/mol. The van der Waals surface area contributed by atoms with E-state index in [0.717, 1.165) is 33.6 Å². The zero-order valence-electron chi connectivity index (χ0n) is 42.1. The number of nitrogens with zero attached hydrogens (tertiary/aromatic N) is 3. The van der Waals surface area contributed by atoms with E-state index in [1.54, 1.807) is 0 Å². The standard InChI is InChI=1S/C51H31N3OS/c1-3-10-32(11-4-1)34-18-20-35(21-19-34)49-52-50(39-15-9-14-36(28-39)33-12-5-2-6-13-33)54-51(53-49)40-22-25-42-44-30-38(24-27-47(44)56-48(42)31-40)37-23-26-46-43(29-37)41-16-7-8-17-45(41)55-46/h1-31H/i7D,8D,16D,17D,22D,23D,24D,25D,26D,27D,29D,30D,31D. The van der Waals surface area contributed by atoms with Crippen molar-refractivity contribution in [3.05, 3.63) is 188 Å². The van der Waals surface area contributed by atoms with Crippen LogP contribution in [0.4, 0.5) is 0 Å². The molecule has 0 aliphatic carbocycles. The fourth-order valence-electron chi connectivity index (χ4n) is 6.71. The van der Waals surface area contributed by atoms with Crippen LogP contribution in [0, 0.1) is 0 Å². The molecule has 0 saturated carbocycles. The highest BCUT2D eigenvalue weighted by Crippen LogP contribution is 2.40. The summed E-state index contributed by atoms with van der Waals surface area (Å²) in [5, 5.41) is -0.542. The molecule has 11 aromatic rings. The minimum absolute atomic E-state index is 0.0387. The van der Waals surface area contributed by atoms with Crippen LogP contribution in [-0.4, -0.2) is 15.0 Å². The van der Waals surface area contributed by atoms with E-state index in [2.05, 4.69) is 0 Å². The van der Waals surface area contributed by atoms with Crippen molar-refractivity contribution in [2.24, 2.45) is 0 Å². The van der Waals surface area contributed by atoms with Crippen molar-refractivity contribution >= 4 is 53.4 Å². The maximum atomic E-state index is 9.68. The van der Waals surface area contributed by atoms with E-state index in [1.807, 2.05) is 109 Å². The van der Waals surface area contributed by atoms with Crippen LogP contribution in [0.1, 0.15) is 17.8 Å². The van der Waals surface area contributed by atoms with E-state index in [4.69, 9.17) is 27.6 Å². The fourth-order valence-corrected chi connectivity index (χ4v) is 7.68. The first-order valence-electron chi connectivity index (χ1n) is 24.1. The van der Waals surface area contributed by atoms with Gasteiger partial charge in [-0.05, 0) is 75.7 Å². The summed E-state index contributed by atoms with van der Waals surface area (Å²) in [4.78, 5) is 14.6. The Hall–Kier alpha value is -7.21. The van der Waals surface area contributed by atoms with Gasteiger partial charge >= 0.3 is 0 Å². The molecular weight excluding hydrogens is 703 g/mol. The van der Waals surface area contributed by atoms with Crippen LogP contribution in [0.25, 0.3) is 110 Å². The van der Waals surface area contributed by atoms with Gasteiger partial charge in [-0.2, -0.15) is 0 Å². The summed E-state index contributed by atoms with van der Waals surface area (Å²) in [7, 11) is 0. The van der Waals surface area contributed by atoms with E-state index in [-0.39, 0.29) is 71.2 Å². The van der Waals surface area contributed by atoms with Crippen molar-refractivity contribution in [3.63, 3.8) is 0 Å². The highest BCUT2D eigenvalue weighted by Gasteiger charge is 2.16. The lowest BCUT2D eigenvalue weighted by atomic mass is 10.0. The lowest BCUT2D eigenvalue weighted by molar-refractivity contribution is 0.669. The number of aromatic nitrogens is 3. The van der Waals surface area contributed by atoms with Gasteiger partial charge in [0.1, 0.15) is 11.2 Å². The molecule has 4 nitrogen and oxygen atoms in total. The minimum Gasteiger partial charge on any atom is -0.456 e. The fraction of sp³-hybridized carbons (Fsp3) is 0. The Kier molecular flexibility index (Phi) is 5.12. The Morgan fingerprint density at radius 3 is 1.73 bits per heavy atom. The highest BCUT2D eigenvalue weighted by molar-refractivity contribution is 7.25.